The highest BCUT2D eigenvalue weighted by molar-refractivity contribution is 6.26. The van der Waals surface area contributed by atoms with E-state index >= 15 is 0 Å². The third kappa shape index (κ3) is 5.31. The van der Waals surface area contributed by atoms with Crippen molar-refractivity contribution in [3.63, 3.8) is 0 Å². The smallest absolute Gasteiger partial charge is 0.159 e. The molecule has 0 fully saturated rings. The molecule has 0 spiro atoms. The summed E-state index contributed by atoms with van der Waals surface area (Å²) in [6.07, 6.45) is 0. The molecule has 4 nitrogen and oxygen atoms in total. The molecule has 0 saturated carbocycles. The van der Waals surface area contributed by atoms with Crippen LogP contribution in [0.4, 0.5) is 34.1 Å². The highest BCUT2D eigenvalue weighted by Crippen LogP contribution is 2.53. The van der Waals surface area contributed by atoms with Crippen molar-refractivity contribution in [2.75, 3.05) is 9.80 Å². The Morgan fingerprint density at radius 1 is 0.350 bits per heavy atom. The molecular formula is C56H38N2O2. The van der Waals surface area contributed by atoms with Crippen LogP contribution < -0.4 is 14.5 Å². The Labute approximate surface area is 347 Å². The van der Waals surface area contributed by atoms with Gasteiger partial charge in [-0.3, -0.25) is 0 Å². The molecule has 4 heteroatoms. The van der Waals surface area contributed by atoms with Crippen LogP contribution in [-0.4, -0.2) is 0 Å². The fourth-order valence-electron chi connectivity index (χ4n) is 9.43. The van der Waals surface area contributed by atoms with Crippen molar-refractivity contribution >= 4 is 88.4 Å². The number of benzene rings is 10. The first-order valence-corrected chi connectivity index (χ1v) is 20.5. The zero-order chi connectivity index (χ0) is 39.9. The second-order valence-corrected chi connectivity index (χ2v) is 15.9. The fraction of sp³-hybridized carbons (Fsp3) is 0.0357. The van der Waals surface area contributed by atoms with Gasteiger partial charge in [-0.2, -0.15) is 0 Å². The van der Waals surface area contributed by atoms with E-state index in [0.717, 1.165) is 89.5 Å². The van der Waals surface area contributed by atoms with Gasteiger partial charge in [-0.25, -0.2) is 0 Å². The molecule has 12 rings (SSSR count). The van der Waals surface area contributed by atoms with Gasteiger partial charge in [-0.15, -0.1) is 0 Å². The number of ether oxygens (including phenoxy) is 1. The Morgan fingerprint density at radius 3 is 1.73 bits per heavy atom. The van der Waals surface area contributed by atoms with E-state index in [0.29, 0.717) is 0 Å². The minimum absolute atomic E-state index is 0.842. The Hall–Kier alpha value is -7.82. The van der Waals surface area contributed by atoms with E-state index in [9.17, 15) is 0 Å². The Bertz CT molecular complexity index is 3440. The predicted octanol–water partition coefficient (Wildman–Crippen LogP) is 16.4. The molecule has 0 saturated heterocycles. The molecule has 284 valence electrons. The normalized spacial score (nSPS) is 12.0. The third-order valence-electron chi connectivity index (χ3n) is 12.0. The highest BCUT2D eigenvalue weighted by Gasteiger charge is 2.27. The molecule has 0 aliphatic carbocycles. The lowest BCUT2D eigenvalue weighted by Crippen LogP contribution is -2.11. The van der Waals surface area contributed by atoms with E-state index < -0.39 is 0 Å². The summed E-state index contributed by atoms with van der Waals surface area (Å²) < 4.78 is 13.7. The molecule has 0 atom stereocenters. The van der Waals surface area contributed by atoms with Crippen LogP contribution in [0.3, 0.4) is 0 Å². The molecule has 0 amide bonds. The lowest BCUT2D eigenvalue weighted by molar-refractivity contribution is 0.487. The Balaban J connectivity index is 1.12. The van der Waals surface area contributed by atoms with Crippen LogP contribution in [0.15, 0.2) is 199 Å². The van der Waals surface area contributed by atoms with E-state index in [1.54, 1.807) is 0 Å². The summed E-state index contributed by atoms with van der Waals surface area (Å²) in [4.78, 5) is 4.66. The van der Waals surface area contributed by atoms with Crippen molar-refractivity contribution in [1.82, 2.24) is 0 Å². The van der Waals surface area contributed by atoms with E-state index in [2.05, 4.69) is 212 Å². The van der Waals surface area contributed by atoms with Gasteiger partial charge in [-0.1, -0.05) is 115 Å². The van der Waals surface area contributed by atoms with Gasteiger partial charge in [0, 0.05) is 55.9 Å². The van der Waals surface area contributed by atoms with Gasteiger partial charge < -0.3 is 19.0 Å². The minimum Gasteiger partial charge on any atom is -0.456 e. The Morgan fingerprint density at radius 2 is 0.983 bits per heavy atom. The van der Waals surface area contributed by atoms with E-state index in [-0.39, 0.29) is 0 Å². The second kappa shape index (κ2) is 13.4. The predicted molar refractivity (Wildman–Crippen MR) is 251 cm³/mol. The summed E-state index contributed by atoms with van der Waals surface area (Å²) in [5, 5.41) is 9.24. The third-order valence-corrected chi connectivity index (χ3v) is 12.0. The van der Waals surface area contributed by atoms with Gasteiger partial charge in [0.05, 0.1) is 11.4 Å². The maximum absolute atomic E-state index is 6.99. The van der Waals surface area contributed by atoms with Crippen LogP contribution in [0.2, 0.25) is 0 Å². The lowest BCUT2D eigenvalue weighted by Gasteiger charge is -2.29. The standard InChI is InChI=1S/C56H38N2O2/c1-35-25-27-41-45(29-35)46-33-49-43-28-26-40(57(37-15-6-3-7-16-37)38-17-8-4-9-18-38)32-53(43)59-54-31-36(2)30-48(55(49)54)47(46)34-51(41)58(39-19-10-5-11-20-39)50-23-14-22-44-42-21-12-13-24-52(42)60-56(44)50/h3-34H,1-2H3. The molecule has 0 bridgehead atoms. The number of para-hydroxylation sites is 5. The van der Waals surface area contributed by atoms with E-state index in [1.165, 1.54) is 32.7 Å². The van der Waals surface area contributed by atoms with Crippen LogP contribution >= 0.6 is 0 Å². The lowest BCUT2D eigenvalue weighted by atomic mass is 9.87. The summed E-state index contributed by atoms with van der Waals surface area (Å²) in [5.74, 6) is 1.71. The van der Waals surface area contributed by atoms with Gasteiger partial charge in [-0.05, 0) is 125 Å². The summed E-state index contributed by atoms with van der Waals surface area (Å²) in [5.41, 5.74) is 12.7. The number of rotatable bonds is 6. The number of hydrogen-bond acceptors (Lipinski definition) is 4. The average molecular weight is 771 g/mol. The molecule has 10 aromatic carbocycles. The van der Waals surface area contributed by atoms with Crippen molar-refractivity contribution in [3.05, 3.63) is 205 Å². The van der Waals surface area contributed by atoms with Gasteiger partial charge in [0.1, 0.15) is 17.1 Å². The first-order chi connectivity index (χ1) is 29.6. The van der Waals surface area contributed by atoms with Crippen LogP contribution in [0.1, 0.15) is 11.1 Å². The summed E-state index contributed by atoms with van der Waals surface area (Å²) in [6, 6.07) is 69.3. The van der Waals surface area contributed by atoms with Gasteiger partial charge in [0.25, 0.3) is 0 Å². The first-order valence-electron chi connectivity index (χ1n) is 20.5. The molecule has 1 aromatic heterocycles. The largest absolute Gasteiger partial charge is 0.456 e. The van der Waals surface area contributed by atoms with Crippen molar-refractivity contribution in [2.45, 2.75) is 13.8 Å². The number of hydrogen-bond donors (Lipinski definition) is 0. The van der Waals surface area contributed by atoms with Gasteiger partial charge >= 0.3 is 0 Å². The SMILES string of the molecule is Cc1ccc2c(N(c3ccccc3)c3cccc4c3oc3ccccc34)cc3c4cc(C)cc5c4c(cc3c2c1)-c1ccc(N(c2ccccc2)c2ccccc2)cc1O5. The van der Waals surface area contributed by atoms with Crippen molar-refractivity contribution in [3.8, 4) is 22.6 Å². The highest BCUT2D eigenvalue weighted by atomic mass is 16.5. The van der Waals surface area contributed by atoms with Gasteiger partial charge in [0.15, 0.2) is 5.58 Å². The molecule has 1 aliphatic rings. The molecule has 0 unspecified atom stereocenters. The molecule has 11 aromatic rings. The molecule has 0 N–H and O–H groups in total. The average Bonchev–Trinajstić information content (AvgIpc) is 3.67. The fourth-order valence-corrected chi connectivity index (χ4v) is 9.43. The van der Waals surface area contributed by atoms with Crippen LogP contribution in [0, 0.1) is 13.8 Å². The van der Waals surface area contributed by atoms with Crippen LogP contribution in [-0.2, 0) is 0 Å². The number of furan rings is 1. The molecule has 60 heavy (non-hydrogen) atoms. The van der Waals surface area contributed by atoms with E-state index in [1.807, 2.05) is 6.07 Å². The van der Waals surface area contributed by atoms with E-state index in [4.69, 9.17) is 9.15 Å². The maximum Gasteiger partial charge on any atom is 0.159 e. The summed E-state index contributed by atoms with van der Waals surface area (Å²) in [6.45, 7) is 4.35. The quantitative estimate of drug-likeness (QED) is 0.158. The maximum atomic E-state index is 6.99. The number of anilines is 6. The number of nitrogens with zero attached hydrogens (tertiary/aromatic N) is 2. The summed E-state index contributed by atoms with van der Waals surface area (Å²) >= 11 is 0. The van der Waals surface area contributed by atoms with Crippen molar-refractivity contribution in [2.24, 2.45) is 0 Å². The topological polar surface area (TPSA) is 28.9 Å². The van der Waals surface area contributed by atoms with Crippen LogP contribution in [0.5, 0.6) is 11.5 Å². The number of aryl methyl sites for hydroxylation is 2. The first kappa shape index (κ1) is 34.2. The minimum atomic E-state index is 0.842. The molecule has 1 aliphatic heterocycles. The monoisotopic (exact) mass is 770 g/mol. The van der Waals surface area contributed by atoms with Crippen LogP contribution in [0.25, 0.3) is 65.4 Å². The Kier molecular flexibility index (Phi) is 7.63. The second-order valence-electron chi connectivity index (χ2n) is 15.9. The van der Waals surface area contributed by atoms with Crippen molar-refractivity contribution in [1.29, 1.82) is 0 Å². The molecule has 0 radical (unpaired) electrons. The zero-order valence-corrected chi connectivity index (χ0v) is 33.2. The molecule has 2 heterocycles. The number of fused-ring (bicyclic) bond motifs is 9. The van der Waals surface area contributed by atoms with Crippen molar-refractivity contribution < 1.29 is 9.15 Å². The van der Waals surface area contributed by atoms with Gasteiger partial charge in [0.2, 0.25) is 0 Å². The summed E-state index contributed by atoms with van der Waals surface area (Å²) in [7, 11) is 0. The molecular weight excluding hydrogens is 733 g/mol. The zero-order valence-electron chi connectivity index (χ0n) is 33.2.